The van der Waals surface area contributed by atoms with Gasteiger partial charge in [-0.1, -0.05) is 24.3 Å². The summed E-state index contributed by atoms with van der Waals surface area (Å²) in [6, 6.07) is 0. The summed E-state index contributed by atoms with van der Waals surface area (Å²) in [6.07, 6.45) is 7.86. The second-order valence-corrected chi connectivity index (χ2v) is 6.48. The molecule has 1 atom stereocenters. The summed E-state index contributed by atoms with van der Waals surface area (Å²) in [7, 11) is 1.33. The number of carbonyl (C=O) groups is 2. The minimum absolute atomic E-state index is 0.261. The van der Waals surface area contributed by atoms with Crippen LogP contribution in [-0.4, -0.2) is 35.9 Å². The van der Waals surface area contributed by atoms with Crippen LogP contribution in [0.15, 0.2) is 35.5 Å². The highest BCUT2D eigenvalue weighted by Crippen LogP contribution is 2.22. The molecule has 0 unspecified atom stereocenters. The van der Waals surface area contributed by atoms with Gasteiger partial charge in [0, 0.05) is 18.4 Å². The van der Waals surface area contributed by atoms with Crippen LogP contribution in [-0.2, 0) is 19.1 Å². The number of esters is 2. The average Bonchev–Trinajstić information content (AvgIpc) is 2.70. The Hall–Kier alpha value is -1.88. The minimum Gasteiger partial charge on any atom is -0.466 e. The highest BCUT2D eigenvalue weighted by atomic mass is 16.6. The van der Waals surface area contributed by atoms with E-state index in [4.69, 9.17) is 9.47 Å². The van der Waals surface area contributed by atoms with Crippen molar-refractivity contribution in [3.05, 3.63) is 35.5 Å². The van der Waals surface area contributed by atoms with Gasteiger partial charge in [0.1, 0.15) is 5.60 Å². The lowest BCUT2D eigenvalue weighted by Crippen LogP contribution is -2.24. The zero-order chi connectivity index (χ0) is 17.5. The van der Waals surface area contributed by atoms with Crippen LogP contribution in [0.4, 0.5) is 0 Å². The molecule has 1 rings (SSSR count). The molecule has 1 aliphatic rings. The van der Waals surface area contributed by atoms with Crippen LogP contribution in [0, 0.1) is 0 Å². The van der Waals surface area contributed by atoms with Crippen LogP contribution < -0.4 is 0 Å². The second-order valence-electron chi connectivity index (χ2n) is 6.48. The Bertz CT molecular complexity index is 520. The fourth-order valence-corrected chi connectivity index (χ4v) is 2.21. The van der Waals surface area contributed by atoms with Crippen molar-refractivity contribution in [1.82, 2.24) is 0 Å². The molecule has 0 saturated carbocycles. The van der Waals surface area contributed by atoms with Crippen molar-refractivity contribution >= 4 is 11.9 Å². The second kappa shape index (κ2) is 8.67. The van der Waals surface area contributed by atoms with Gasteiger partial charge in [0.15, 0.2) is 0 Å². The number of aliphatic hydroxyl groups is 1. The molecule has 0 amide bonds. The number of allylic oxidation sites excluding steroid dienone is 4. The van der Waals surface area contributed by atoms with Crippen LogP contribution in [0.25, 0.3) is 0 Å². The van der Waals surface area contributed by atoms with Gasteiger partial charge in [-0.2, -0.15) is 0 Å². The summed E-state index contributed by atoms with van der Waals surface area (Å²) >= 11 is 0. The third kappa shape index (κ3) is 7.28. The Kier molecular flexibility index (Phi) is 7.23. The van der Waals surface area contributed by atoms with Crippen LogP contribution in [0.1, 0.15) is 46.5 Å². The number of methoxy groups -OCH3 is 1. The van der Waals surface area contributed by atoms with Gasteiger partial charge in [-0.15, -0.1) is 0 Å². The van der Waals surface area contributed by atoms with E-state index >= 15 is 0 Å². The normalized spacial score (nSPS) is 16.0. The number of carbonyl (C=O) groups excluding carboxylic acids is 2. The summed E-state index contributed by atoms with van der Waals surface area (Å²) in [5.41, 5.74) is 0.739. The predicted octanol–water partition coefficient (Wildman–Crippen LogP) is 2.85. The van der Waals surface area contributed by atoms with Crippen molar-refractivity contribution < 1.29 is 24.2 Å². The summed E-state index contributed by atoms with van der Waals surface area (Å²) in [6.45, 7) is 5.47. The largest absolute Gasteiger partial charge is 0.466 e. The standard InChI is InChI=1S/C18H26O5/c1-18(2,3)23-16(20)11-7-10-15(19)13-8-5-6-9-14(12-13)17(21)22-4/h5-6,8-9,15,19H,7,10-12H2,1-4H3/t15-/m1/s1. The first kappa shape index (κ1) is 19.2. The highest BCUT2D eigenvalue weighted by molar-refractivity contribution is 5.89. The van der Waals surface area contributed by atoms with Crippen LogP contribution in [0.3, 0.4) is 0 Å². The van der Waals surface area contributed by atoms with Gasteiger partial charge in [-0.25, -0.2) is 4.79 Å². The molecule has 0 bridgehead atoms. The molecule has 1 N–H and O–H groups in total. The first-order chi connectivity index (χ1) is 10.7. The first-order valence-corrected chi connectivity index (χ1v) is 7.77. The van der Waals surface area contributed by atoms with Crippen LogP contribution in [0.5, 0.6) is 0 Å². The molecule has 5 nitrogen and oxygen atoms in total. The lowest BCUT2D eigenvalue weighted by molar-refractivity contribution is -0.155. The van der Waals surface area contributed by atoms with E-state index in [0.717, 1.165) is 5.57 Å². The molecule has 5 heteroatoms. The summed E-state index contributed by atoms with van der Waals surface area (Å²) in [4.78, 5) is 23.3. The van der Waals surface area contributed by atoms with Crippen LogP contribution in [0.2, 0.25) is 0 Å². The number of hydrogen-bond acceptors (Lipinski definition) is 5. The van der Waals surface area contributed by atoms with E-state index in [2.05, 4.69) is 0 Å². The van der Waals surface area contributed by atoms with E-state index in [1.54, 1.807) is 24.3 Å². The predicted molar refractivity (Wildman–Crippen MR) is 87.6 cm³/mol. The number of rotatable bonds is 6. The molecule has 0 fully saturated rings. The summed E-state index contributed by atoms with van der Waals surface area (Å²) < 4.78 is 9.95. The molecule has 128 valence electrons. The topological polar surface area (TPSA) is 72.8 Å². The van der Waals surface area contributed by atoms with Gasteiger partial charge in [0.05, 0.1) is 13.2 Å². The SMILES string of the molecule is COC(=O)C1=CC=CC=C([C@H](O)CCCC(=O)OC(C)(C)C)C1. The quantitative estimate of drug-likeness (QED) is 0.761. The van der Waals surface area contributed by atoms with Crippen molar-refractivity contribution in [2.45, 2.75) is 58.2 Å². The number of hydrogen-bond donors (Lipinski definition) is 1. The van der Waals surface area contributed by atoms with Crippen molar-refractivity contribution in [3.63, 3.8) is 0 Å². The maximum atomic E-state index is 11.7. The Morgan fingerprint density at radius 3 is 2.52 bits per heavy atom. The average molecular weight is 322 g/mol. The van der Waals surface area contributed by atoms with Crippen molar-refractivity contribution in [1.29, 1.82) is 0 Å². The van der Waals surface area contributed by atoms with Gasteiger partial charge >= 0.3 is 11.9 Å². The van der Waals surface area contributed by atoms with E-state index < -0.39 is 17.7 Å². The van der Waals surface area contributed by atoms with Crippen molar-refractivity contribution in [2.24, 2.45) is 0 Å². The summed E-state index contributed by atoms with van der Waals surface area (Å²) in [5, 5.41) is 10.3. The van der Waals surface area contributed by atoms with Gasteiger partial charge in [-0.05, 0) is 39.2 Å². The van der Waals surface area contributed by atoms with Gasteiger partial charge < -0.3 is 14.6 Å². The maximum Gasteiger partial charge on any atom is 0.334 e. The monoisotopic (exact) mass is 322 g/mol. The van der Waals surface area contributed by atoms with Crippen molar-refractivity contribution in [2.75, 3.05) is 7.11 Å². The number of ether oxygens (including phenoxy) is 2. The Balaban J connectivity index is 2.49. The first-order valence-electron chi connectivity index (χ1n) is 7.77. The lowest BCUT2D eigenvalue weighted by Gasteiger charge is -2.20. The van der Waals surface area contributed by atoms with Crippen LogP contribution >= 0.6 is 0 Å². The Morgan fingerprint density at radius 2 is 1.91 bits per heavy atom. The van der Waals surface area contributed by atoms with Gasteiger partial charge in [-0.3, -0.25) is 4.79 Å². The fourth-order valence-electron chi connectivity index (χ4n) is 2.21. The lowest BCUT2D eigenvalue weighted by atomic mass is 9.97. The fraction of sp³-hybridized carbons (Fsp3) is 0.556. The molecular weight excluding hydrogens is 296 g/mol. The molecule has 0 aromatic carbocycles. The third-order valence-electron chi connectivity index (χ3n) is 3.27. The van der Waals surface area contributed by atoms with Crippen molar-refractivity contribution in [3.8, 4) is 0 Å². The molecule has 0 heterocycles. The molecule has 0 aromatic rings. The third-order valence-corrected chi connectivity index (χ3v) is 3.27. The van der Waals surface area contributed by atoms with Gasteiger partial charge in [0.2, 0.25) is 0 Å². The zero-order valence-corrected chi connectivity index (χ0v) is 14.3. The molecule has 23 heavy (non-hydrogen) atoms. The smallest absolute Gasteiger partial charge is 0.334 e. The molecule has 0 radical (unpaired) electrons. The highest BCUT2D eigenvalue weighted by Gasteiger charge is 2.19. The molecule has 0 spiro atoms. The van der Waals surface area contributed by atoms with E-state index in [1.165, 1.54) is 7.11 Å². The van der Waals surface area contributed by atoms with E-state index in [-0.39, 0.29) is 12.4 Å². The zero-order valence-electron chi connectivity index (χ0n) is 14.3. The van der Waals surface area contributed by atoms with E-state index in [9.17, 15) is 14.7 Å². The Morgan fingerprint density at radius 1 is 1.26 bits per heavy atom. The maximum absolute atomic E-state index is 11.7. The van der Waals surface area contributed by atoms with E-state index in [1.807, 2.05) is 20.8 Å². The van der Waals surface area contributed by atoms with E-state index in [0.29, 0.717) is 24.8 Å². The number of aliphatic hydroxyl groups excluding tert-OH is 1. The molecule has 0 aliphatic heterocycles. The molecular formula is C18H26O5. The molecule has 0 aromatic heterocycles. The summed E-state index contributed by atoms with van der Waals surface area (Å²) in [5.74, 6) is -0.669. The Labute approximate surface area is 137 Å². The minimum atomic E-state index is -0.701. The van der Waals surface area contributed by atoms with Gasteiger partial charge in [0.25, 0.3) is 0 Å². The molecule has 1 aliphatic carbocycles. The molecule has 0 saturated heterocycles.